The Balaban J connectivity index is 1.40. The van der Waals surface area contributed by atoms with Crippen molar-refractivity contribution in [3.05, 3.63) is 59.7 Å². The maximum absolute atomic E-state index is 9.00. The fourth-order valence-corrected chi connectivity index (χ4v) is 3.09. The van der Waals surface area contributed by atoms with E-state index in [0.717, 1.165) is 49.4 Å². The van der Waals surface area contributed by atoms with Crippen LogP contribution in [0.1, 0.15) is 11.1 Å². The topological polar surface area (TPSA) is 56.3 Å². The number of nitrogens with zero attached hydrogens (tertiary/aromatic N) is 4. The first-order valence-electron chi connectivity index (χ1n) is 8.14. The van der Waals surface area contributed by atoms with Gasteiger partial charge in [-0.2, -0.15) is 10.2 Å². The molecule has 0 unspecified atom stereocenters. The molecule has 24 heavy (non-hydrogen) atoms. The molecule has 1 saturated heterocycles. The van der Waals surface area contributed by atoms with Gasteiger partial charge in [-0.3, -0.25) is 4.90 Å². The third-order valence-electron chi connectivity index (χ3n) is 4.39. The molecule has 5 nitrogen and oxygen atoms in total. The van der Waals surface area contributed by atoms with Gasteiger partial charge < -0.3 is 9.32 Å². The Kier molecular flexibility index (Phi) is 3.89. The largest absolute Gasteiger partial charge is 0.423 e. The van der Waals surface area contributed by atoms with E-state index >= 15 is 0 Å². The van der Waals surface area contributed by atoms with Gasteiger partial charge in [-0.1, -0.05) is 24.3 Å². The van der Waals surface area contributed by atoms with E-state index in [-0.39, 0.29) is 0 Å². The van der Waals surface area contributed by atoms with E-state index in [1.165, 1.54) is 5.56 Å². The molecule has 2 aromatic carbocycles. The number of nitriles is 1. The number of oxazole rings is 1. The molecule has 0 saturated carbocycles. The monoisotopic (exact) mass is 318 g/mol. The lowest BCUT2D eigenvalue weighted by Crippen LogP contribution is -2.46. The van der Waals surface area contributed by atoms with Crippen LogP contribution in [0.15, 0.2) is 52.9 Å². The molecular weight excluding hydrogens is 300 g/mol. The van der Waals surface area contributed by atoms with Crippen molar-refractivity contribution in [3.8, 4) is 6.07 Å². The molecule has 1 fully saturated rings. The number of aromatic nitrogens is 1. The van der Waals surface area contributed by atoms with Crippen molar-refractivity contribution in [2.75, 3.05) is 31.1 Å². The van der Waals surface area contributed by atoms with Gasteiger partial charge in [0, 0.05) is 32.7 Å². The van der Waals surface area contributed by atoms with Crippen molar-refractivity contribution in [3.63, 3.8) is 0 Å². The van der Waals surface area contributed by atoms with E-state index in [1.807, 2.05) is 42.5 Å². The van der Waals surface area contributed by atoms with Crippen molar-refractivity contribution >= 4 is 17.1 Å². The zero-order chi connectivity index (χ0) is 16.4. The molecule has 2 heterocycles. The molecule has 120 valence electrons. The molecule has 0 bridgehead atoms. The number of hydrogen-bond donors (Lipinski definition) is 0. The van der Waals surface area contributed by atoms with Crippen LogP contribution in [0, 0.1) is 11.3 Å². The third-order valence-corrected chi connectivity index (χ3v) is 4.39. The van der Waals surface area contributed by atoms with E-state index in [2.05, 4.69) is 26.9 Å². The van der Waals surface area contributed by atoms with Crippen LogP contribution in [0.25, 0.3) is 11.1 Å². The van der Waals surface area contributed by atoms with Crippen LogP contribution in [0.2, 0.25) is 0 Å². The third kappa shape index (κ3) is 2.97. The van der Waals surface area contributed by atoms with E-state index in [9.17, 15) is 0 Å². The van der Waals surface area contributed by atoms with Gasteiger partial charge in [0.2, 0.25) is 0 Å². The average Bonchev–Trinajstić information content (AvgIpc) is 3.06. The number of para-hydroxylation sites is 2. The zero-order valence-electron chi connectivity index (χ0n) is 13.4. The van der Waals surface area contributed by atoms with Crippen LogP contribution in [0.4, 0.5) is 6.01 Å². The van der Waals surface area contributed by atoms with Gasteiger partial charge in [-0.15, -0.1) is 0 Å². The second kappa shape index (κ2) is 6.34. The second-order valence-electron chi connectivity index (χ2n) is 6.04. The Morgan fingerprint density at radius 2 is 1.88 bits per heavy atom. The van der Waals surface area contributed by atoms with Crippen LogP contribution >= 0.6 is 0 Å². The molecule has 0 amide bonds. The maximum atomic E-state index is 9.00. The first-order valence-corrected chi connectivity index (χ1v) is 8.14. The highest BCUT2D eigenvalue weighted by molar-refractivity contribution is 5.74. The molecule has 1 aliphatic rings. The fraction of sp³-hybridized carbons (Fsp3) is 0.263. The number of fused-ring (bicyclic) bond motifs is 1. The van der Waals surface area contributed by atoms with Crippen molar-refractivity contribution in [1.82, 2.24) is 9.88 Å². The Bertz CT molecular complexity index is 855. The van der Waals surface area contributed by atoms with Gasteiger partial charge in [-0.05, 0) is 29.8 Å². The minimum atomic E-state index is 0.710. The molecule has 3 aromatic rings. The standard InChI is InChI=1S/C19H18N4O/c20-13-15-4-3-5-16(12-15)14-22-8-10-23(11-9-22)19-21-17-6-1-2-7-18(17)24-19/h1-7,12H,8-11,14H2. The number of piperazine rings is 1. The molecule has 0 radical (unpaired) electrons. The van der Waals surface area contributed by atoms with Crippen molar-refractivity contribution in [2.45, 2.75) is 6.54 Å². The predicted octanol–water partition coefficient (Wildman–Crippen LogP) is 3.02. The summed E-state index contributed by atoms with van der Waals surface area (Å²) < 4.78 is 5.85. The summed E-state index contributed by atoms with van der Waals surface area (Å²) in [5.41, 5.74) is 3.65. The summed E-state index contributed by atoms with van der Waals surface area (Å²) in [4.78, 5) is 9.17. The van der Waals surface area contributed by atoms with Crippen LogP contribution in [0.5, 0.6) is 0 Å². The smallest absolute Gasteiger partial charge is 0.298 e. The average molecular weight is 318 g/mol. The molecule has 4 rings (SSSR count). The predicted molar refractivity (Wildman–Crippen MR) is 92.7 cm³/mol. The van der Waals surface area contributed by atoms with E-state index in [1.54, 1.807) is 0 Å². The summed E-state index contributed by atoms with van der Waals surface area (Å²) in [5.74, 6) is 0. The molecule has 0 atom stereocenters. The Morgan fingerprint density at radius 1 is 1.04 bits per heavy atom. The summed E-state index contributed by atoms with van der Waals surface area (Å²) in [7, 11) is 0. The molecule has 0 aliphatic carbocycles. The molecule has 0 N–H and O–H groups in total. The lowest BCUT2D eigenvalue weighted by atomic mass is 10.1. The number of benzene rings is 2. The SMILES string of the molecule is N#Cc1cccc(CN2CCN(c3nc4ccccc4o3)CC2)c1. The molecule has 1 aliphatic heterocycles. The quantitative estimate of drug-likeness (QED) is 0.743. The van der Waals surface area contributed by atoms with Crippen LogP contribution in [-0.4, -0.2) is 36.1 Å². The van der Waals surface area contributed by atoms with Crippen LogP contribution in [-0.2, 0) is 6.54 Å². The zero-order valence-corrected chi connectivity index (χ0v) is 13.4. The fourth-order valence-electron chi connectivity index (χ4n) is 3.09. The first-order chi connectivity index (χ1) is 11.8. The minimum Gasteiger partial charge on any atom is -0.423 e. The van der Waals surface area contributed by atoms with Crippen molar-refractivity contribution in [2.24, 2.45) is 0 Å². The van der Waals surface area contributed by atoms with Gasteiger partial charge in [0.25, 0.3) is 6.01 Å². The van der Waals surface area contributed by atoms with Gasteiger partial charge in [0.15, 0.2) is 5.58 Å². The lowest BCUT2D eigenvalue weighted by Gasteiger charge is -2.33. The first kappa shape index (κ1) is 14.7. The van der Waals surface area contributed by atoms with E-state index < -0.39 is 0 Å². The summed E-state index contributed by atoms with van der Waals surface area (Å²) in [6.07, 6.45) is 0. The number of rotatable bonds is 3. The highest BCUT2D eigenvalue weighted by Crippen LogP contribution is 2.22. The molecular formula is C19H18N4O. The molecule has 0 spiro atoms. The van der Waals surface area contributed by atoms with Gasteiger partial charge in [0.1, 0.15) is 5.52 Å². The minimum absolute atomic E-state index is 0.710. The highest BCUT2D eigenvalue weighted by atomic mass is 16.4. The second-order valence-corrected chi connectivity index (χ2v) is 6.04. The van der Waals surface area contributed by atoms with E-state index in [4.69, 9.17) is 9.68 Å². The normalized spacial score (nSPS) is 15.5. The van der Waals surface area contributed by atoms with Gasteiger partial charge in [0.05, 0.1) is 11.6 Å². The number of hydrogen-bond acceptors (Lipinski definition) is 5. The van der Waals surface area contributed by atoms with Crippen LogP contribution < -0.4 is 4.90 Å². The number of anilines is 1. The van der Waals surface area contributed by atoms with Crippen molar-refractivity contribution < 1.29 is 4.42 Å². The molecule has 1 aromatic heterocycles. The Labute approximate surface area is 140 Å². The highest BCUT2D eigenvalue weighted by Gasteiger charge is 2.21. The molecule has 5 heteroatoms. The van der Waals surface area contributed by atoms with E-state index in [0.29, 0.717) is 6.01 Å². The summed E-state index contributed by atoms with van der Waals surface area (Å²) in [6.45, 7) is 4.57. The Hall–Kier alpha value is -2.84. The van der Waals surface area contributed by atoms with Gasteiger partial charge in [-0.25, -0.2) is 0 Å². The lowest BCUT2D eigenvalue weighted by molar-refractivity contribution is 0.245. The van der Waals surface area contributed by atoms with Gasteiger partial charge >= 0.3 is 0 Å². The van der Waals surface area contributed by atoms with Crippen LogP contribution in [0.3, 0.4) is 0 Å². The van der Waals surface area contributed by atoms with Crippen molar-refractivity contribution in [1.29, 1.82) is 5.26 Å². The summed E-state index contributed by atoms with van der Waals surface area (Å²) in [6, 6.07) is 18.6. The summed E-state index contributed by atoms with van der Waals surface area (Å²) >= 11 is 0. The maximum Gasteiger partial charge on any atom is 0.298 e. The summed E-state index contributed by atoms with van der Waals surface area (Å²) in [5, 5.41) is 9.00. The Morgan fingerprint density at radius 3 is 2.67 bits per heavy atom.